The van der Waals surface area contributed by atoms with Crippen molar-refractivity contribution in [1.29, 1.82) is 0 Å². The van der Waals surface area contributed by atoms with Crippen molar-refractivity contribution < 1.29 is 13.6 Å². The Morgan fingerprint density at radius 3 is 2.32 bits per heavy atom. The van der Waals surface area contributed by atoms with Gasteiger partial charge < -0.3 is 0 Å². The summed E-state index contributed by atoms with van der Waals surface area (Å²) in [6.45, 7) is 0.913. The first-order valence-corrected chi connectivity index (χ1v) is 6.51. The number of aliphatic imine (C=N–C) groups is 1. The summed E-state index contributed by atoms with van der Waals surface area (Å²) in [6.07, 6.45) is 5.10. The van der Waals surface area contributed by atoms with E-state index in [-0.39, 0.29) is 6.42 Å². The lowest BCUT2D eigenvalue weighted by molar-refractivity contribution is 0.0226. The van der Waals surface area contributed by atoms with Gasteiger partial charge in [0.2, 0.25) is 12.0 Å². The standard InChI is InChI=1S/C15H17F2NO/c1-14(16,17)10-12-4-6-13(7-5-12)15(18-11-19)8-2-3-9-15/h4-7H,2-3,8-10H2,1H3. The van der Waals surface area contributed by atoms with Crippen LogP contribution in [-0.2, 0) is 16.8 Å². The van der Waals surface area contributed by atoms with Gasteiger partial charge in [0.25, 0.3) is 0 Å². The molecular formula is C15H17F2NO. The van der Waals surface area contributed by atoms with Gasteiger partial charge in [0.15, 0.2) is 0 Å². The van der Waals surface area contributed by atoms with E-state index in [4.69, 9.17) is 0 Å². The number of halogens is 2. The zero-order valence-electron chi connectivity index (χ0n) is 11.0. The zero-order valence-corrected chi connectivity index (χ0v) is 11.0. The van der Waals surface area contributed by atoms with Gasteiger partial charge in [-0.3, -0.25) is 0 Å². The van der Waals surface area contributed by atoms with Crippen LogP contribution in [0.3, 0.4) is 0 Å². The Hall–Kier alpha value is -1.54. The van der Waals surface area contributed by atoms with Crippen molar-refractivity contribution >= 4 is 6.08 Å². The fraction of sp³-hybridized carbons (Fsp3) is 0.533. The first-order valence-electron chi connectivity index (χ1n) is 6.51. The summed E-state index contributed by atoms with van der Waals surface area (Å²) < 4.78 is 25.9. The fourth-order valence-corrected chi connectivity index (χ4v) is 2.80. The van der Waals surface area contributed by atoms with Gasteiger partial charge in [-0.15, -0.1) is 0 Å². The van der Waals surface area contributed by atoms with E-state index in [9.17, 15) is 13.6 Å². The topological polar surface area (TPSA) is 29.4 Å². The SMILES string of the molecule is CC(F)(F)Cc1ccc(C2(N=C=O)CCCC2)cc1. The third kappa shape index (κ3) is 3.27. The van der Waals surface area contributed by atoms with Crippen LogP contribution in [0.5, 0.6) is 0 Å². The molecule has 0 aromatic heterocycles. The normalized spacial score (nSPS) is 18.1. The van der Waals surface area contributed by atoms with Gasteiger partial charge in [0.05, 0.1) is 5.54 Å². The van der Waals surface area contributed by atoms with Crippen LogP contribution in [0.15, 0.2) is 29.3 Å². The molecule has 0 aliphatic heterocycles. The van der Waals surface area contributed by atoms with E-state index < -0.39 is 11.5 Å². The Balaban J connectivity index is 2.24. The number of alkyl halides is 2. The maximum Gasteiger partial charge on any atom is 0.249 e. The molecule has 0 radical (unpaired) electrons. The largest absolute Gasteiger partial charge is 0.249 e. The first kappa shape index (κ1) is 13.9. The molecule has 1 aliphatic carbocycles. The Bertz CT molecular complexity index is 478. The van der Waals surface area contributed by atoms with Gasteiger partial charge in [-0.05, 0) is 30.9 Å². The molecule has 1 aliphatic rings. The third-order valence-electron chi connectivity index (χ3n) is 3.70. The predicted molar refractivity (Wildman–Crippen MR) is 69.0 cm³/mol. The fourth-order valence-electron chi connectivity index (χ4n) is 2.80. The molecule has 4 heteroatoms. The van der Waals surface area contributed by atoms with Crippen molar-refractivity contribution in [3.05, 3.63) is 35.4 Å². The highest BCUT2D eigenvalue weighted by Crippen LogP contribution is 2.42. The average molecular weight is 265 g/mol. The molecule has 19 heavy (non-hydrogen) atoms. The molecule has 0 N–H and O–H groups in total. The molecule has 2 nitrogen and oxygen atoms in total. The van der Waals surface area contributed by atoms with Crippen molar-refractivity contribution in [2.24, 2.45) is 4.99 Å². The highest BCUT2D eigenvalue weighted by molar-refractivity contribution is 5.39. The first-order chi connectivity index (χ1) is 8.95. The number of carbonyl (C=O) groups excluding carboxylic acids is 1. The summed E-state index contributed by atoms with van der Waals surface area (Å²) in [7, 11) is 0. The second-order valence-electron chi connectivity index (χ2n) is 5.39. The van der Waals surface area contributed by atoms with E-state index in [1.165, 1.54) is 0 Å². The van der Waals surface area contributed by atoms with Crippen LogP contribution in [-0.4, -0.2) is 12.0 Å². The number of benzene rings is 1. The molecule has 0 spiro atoms. The highest BCUT2D eigenvalue weighted by atomic mass is 19.3. The molecule has 2 rings (SSSR count). The Labute approximate surface area is 111 Å². The van der Waals surface area contributed by atoms with E-state index in [2.05, 4.69) is 4.99 Å². The Kier molecular flexibility index (Phi) is 3.81. The van der Waals surface area contributed by atoms with Gasteiger partial charge in [-0.1, -0.05) is 37.1 Å². The lowest BCUT2D eigenvalue weighted by atomic mass is 9.88. The summed E-state index contributed by atoms with van der Waals surface area (Å²) in [5, 5.41) is 0. The molecule has 0 saturated heterocycles. The van der Waals surface area contributed by atoms with Crippen LogP contribution < -0.4 is 0 Å². The minimum atomic E-state index is -2.70. The van der Waals surface area contributed by atoms with Crippen LogP contribution in [0.4, 0.5) is 8.78 Å². The summed E-state index contributed by atoms with van der Waals surface area (Å²) in [4.78, 5) is 14.6. The molecule has 0 unspecified atom stereocenters. The quantitative estimate of drug-likeness (QED) is 0.598. The maximum atomic E-state index is 12.9. The van der Waals surface area contributed by atoms with Gasteiger partial charge in [-0.25, -0.2) is 13.6 Å². The second-order valence-corrected chi connectivity index (χ2v) is 5.39. The molecule has 0 amide bonds. The molecule has 1 aromatic carbocycles. The number of hydrogen-bond donors (Lipinski definition) is 0. The predicted octanol–water partition coefficient (Wildman–Crippen LogP) is 3.99. The summed E-state index contributed by atoms with van der Waals surface area (Å²) in [5.74, 6) is -2.70. The van der Waals surface area contributed by atoms with Crippen molar-refractivity contribution in [3.8, 4) is 0 Å². The monoisotopic (exact) mass is 265 g/mol. The number of nitrogens with zero attached hydrogens (tertiary/aromatic N) is 1. The molecule has 1 saturated carbocycles. The molecule has 102 valence electrons. The molecule has 1 fully saturated rings. The van der Waals surface area contributed by atoms with Crippen LogP contribution in [0, 0.1) is 0 Å². The number of isocyanates is 1. The zero-order chi connectivity index (χ0) is 13.9. The average Bonchev–Trinajstić information content (AvgIpc) is 2.78. The molecule has 0 atom stereocenters. The number of hydrogen-bond acceptors (Lipinski definition) is 2. The van der Waals surface area contributed by atoms with Crippen LogP contribution in [0.25, 0.3) is 0 Å². The van der Waals surface area contributed by atoms with E-state index in [1.807, 2.05) is 12.1 Å². The van der Waals surface area contributed by atoms with Crippen molar-refractivity contribution in [3.63, 3.8) is 0 Å². The van der Waals surface area contributed by atoms with Gasteiger partial charge in [-0.2, -0.15) is 4.99 Å². The third-order valence-corrected chi connectivity index (χ3v) is 3.70. The summed E-state index contributed by atoms with van der Waals surface area (Å²) in [6, 6.07) is 7.03. The highest BCUT2D eigenvalue weighted by Gasteiger charge is 2.35. The lowest BCUT2D eigenvalue weighted by Crippen LogP contribution is -2.19. The van der Waals surface area contributed by atoms with Crippen LogP contribution in [0.1, 0.15) is 43.7 Å². The number of rotatable bonds is 4. The molecule has 0 heterocycles. The molecular weight excluding hydrogens is 248 g/mol. The Morgan fingerprint density at radius 2 is 1.84 bits per heavy atom. The van der Waals surface area contributed by atoms with Gasteiger partial charge >= 0.3 is 0 Å². The van der Waals surface area contributed by atoms with E-state index in [1.54, 1.807) is 18.2 Å². The van der Waals surface area contributed by atoms with Crippen LogP contribution >= 0.6 is 0 Å². The minimum absolute atomic E-state index is 0.267. The lowest BCUT2D eigenvalue weighted by Gasteiger charge is -2.23. The smallest absolute Gasteiger partial charge is 0.211 e. The van der Waals surface area contributed by atoms with Gasteiger partial charge in [0.1, 0.15) is 0 Å². The maximum absolute atomic E-state index is 12.9. The molecule has 0 bridgehead atoms. The van der Waals surface area contributed by atoms with Gasteiger partial charge in [0, 0.05) is 6.42 Å². The summed E-state index contributed by atoms with van der Waals surface area (Å²) >= 11 is 0. The second kappa shape index (κ2) is 5.22. The van der Waals surface area contributed by atoms with Crippen LogP contribution in [0.2, 0.25) is 0 Å². The van der Waals surface area contributed by atoms with Crippen molar-refractivity contribution in [2.45, 2.75) is 50.5 Å². The van der Waals surface area contributed by atoms with Crippen molar-refractivity contribution in [1.82, 2.24) is 0 Å². The summed E-state index contributed by atoms with van der Waals surface area (Å²) in [5.41, 5.74) is 1.05. The van der Waals surface area contributed by atoms with Crippen molar-refractivity contribution in [2.75, 3.05) is 0 Å². The van der Waals surface area contributed by atoms with E-state index in [0.717, 1.165) is 38.2 Å². The Morgan fingerprint density at radius 1 is 1.26 bits per heavy atom. The van der Waals surface area contributed by atoms with E-state index in [0.29, 0.717) is 5.56 Å². The minimum Gasteiger partial charge on any atom is -0.211 e. The van der Waals surface area contributed by atoms with E-state index >= 15 is 0 Å². The molecule has 1 aromatic rings.